The van der Waals surface area contributed by atoms with Crippen LogP contribution in [0.15, 0.2) is 79.0 Å². The van der Waals surface area contributed by atoms with Crippen molar-refractivity contribution in [1.29, 1.82) is 0 Å². The van der Waals surface area contributed by atoms with E-state index < -0.39 is 11.9 Å². The largest absolute Gasteiger partial charge is 0.493 e. The molecule has 0 radical (unpaired) electrons. The minimum atomic E-state index is -1.26. The molecule has 0 aliphatic rings. The van der Waals surface area contributed by atoms with Crippen LogP contribution in [0, 0.1) is 0 Å². The van der Waals surface area contributed by atoms with E-state index in [2.05, 4.69) is 24.0 Å². The van der Waals surface area contributed by atoms with Gasteiger partial charge in [0, 0.05) is 46.9 Å². The molecule has 4 aromatic rings. The summed E-state index contributed by atoms with van der Waals surface area (Å²) in [5.41, 5.74) is 3.60. The van der Waals surface area contributed by atoms with E-state index >= 15 is 0 Å². The first-order valence-electron chi connectivity index (χ1n) is 11.4. The van der Waals surface area contributed by atoms with Crippen molar-refractivity contribution >= 4 is 34.6 Å². The number of benzene rings is 2. The Kier molecular flexibility index (Phi) is 9.76. The third-order valence-electron chi connectivity index (χ3n) is 5.01. The molecule has 9 nitrogen and oxygen atoms in total. The Labute approximate surface area is 219 Å². The molecule has 0 bridgehead atoms. The van der Waals surface area contributed by atoms with Crippen LogP contribution in [0.25, 0.3) is 28.0 Å². The molecule has 0 spiro atoms. The second-order valence-electron chi connectivity index (χ2n) is 8.15. The van der Waals surface area contributed by atoms with Crippen LogP contribution in [-0.2, 0) is 9.59 Å². The van der Waals surface area contributed by atoms with Gasteiger partial charge in [0.2, 0.25) is 0 Å². The van der Waals surface area contributed by atoms with Gasteiger partial charge in [-0.1, -0.05) is 29.8 Å². The third kappa shape index (κ3) is 8.16. The van der Waals surface area contributed by atoms with Gasteiger partial charge in [-0.3, -0.25) is 0 Å². The molecule has 0 saturated heterocycles. The third-order valence-corrected chi connectivity index (χ3v) is 5.26. The van der Waals surface area contributed by atoms with Gasteiger partial charge in [-0.05, 0) is 56.9 Å². The number of hydrogen-bond donors (Lipinski definition) is 2. The number of ether oxygens (including phenoxy) is 1. The molecule has 0 aliphatic carbocycles. The number of carbonyl (C=O) groups is 2. The highest BCUT2D eigenvalue weighted by molar-refractivity contribution is 6.30. The first-order chi connectivity index (χ1) is 17.7. The van der Waals surface area contributed by atoms with E-state index in [-0.39, 0.29) is 0 Å². The second kappa shape index (κ2) is 13.2. The average Bonchev–Trinajstić information content (AvgIpc) is 3.26. The summed E-state index contributed by atoms with van der Waals surface area (Å²) >= 11 is 6.05. The van der Waals surface area contributed by atoms with E-state index in [1.807, 2.05) is 65.3 Å². The maximum absolute atomic E-state index is 9.55. The fraction of sp³-hybridized carbons (Fsp3) is 0.185. The molecule has 2 aromatic heterocycles. The monoisotopic (exact) mass is 522 g/mol. The number of pyridine rings is 1. The van der Waals surface area contributed by atoms with Gasteiger partial charge in [-0.15, -0.1) is 0 Å². The molecular weight excluding hydrogens is 496 g/mol. The zero-order valence-electron chi connectivity index (χ0n) is 20.4. The average molecular weight is 523 g/mol. The van der Waals surface area contributed by atoms with Crippen LogP contribution >= 0.6 is 11.6 Å². The molecular formula is C27H27ClN4O5. The van der Waals surface area contributed by atoms with Crippen LogP contribution in [-0.4, -0.2) is 69.1 Å². The molecule has 0 aliphatic heterocycles. The lowest BCUT2D eigenvalue weighted by Gasteiger charge is -2.11. The molecule has 4 rings (SSSR count). The second-order valence-corrected chi connectivity index (χ2v) is 8.59. The molecule has 10 heteroatoms. The van der Waals surface area contributed by atoms with Crippen LogP contribution in [0.2, 0.25) is 5.02 Å². The number of fused-ring (bicyclic) bond motifs is 1. The molecule has 192 valence electrons. The van der Waals surface area contributed by atoms with Crippen molar-refractivity contribution in [1.82, 2.24) is 19.7 Å². The van der Waals surface area contributed by atoms with Gasteiger partial charge in [-0.25, -0.2) is 19.3 Å². The maximum Gasteiger partial charge on any atom is 0.328 e. The molecule has 0 fully saturated rings. The van der Waals surface area contributed by atoms with Gasteiger partial charge in [0.25, 0.3) is 0 Å². The molecule has 0 atom stereocenters. The Morgan fingerprint density at radius 1 is 1.03 bits per heavy atom. The van der Waals surface area contributed by atoms with Crippen molar-refractivity contribution in [2.45, 2.75) is 6.42 Å². The Hall–Kier alpha value is -4.21. The van der Waals surface area contributed by atoms with Crippen molar-refractivity contribution in [3.05, 3.63) is 84.0 Å². The Morgan fingerprint density at radius 2 is 1.73 bits per heavy atom. The molecule has 2 aromatic carbocycles. The first-order valence-corrected chi connectivity index (χ1v) is 11.7. The topological polar surface area (TPSA) is 118 Å². The number of carboxylic acid groups (broad SMARTS) is 2. The Morgan fingerprint density at radius 3 is 2.38 bits per heavy atom. The van der Waals surface area contributed by atoms with Crippen molar-refractivity contribution in [2.24, 2.45) is 0 Å². The Bertz CT molecular complexity index is 1370. The highest BCUT2D eigenvalue weighted by atomic mass is 35.5. The molecule has 0 amide bonds. The fourth-order valence-electron chi connectivity index (χ4n) is 3.37. The maximum atomic E-state index is 9.55. The van der Waals surface area contributed by atoms with E-state index in [1.54, 1.807) is 6.20 Å². The summed E-state index contributed by atoms with van der Waals surface area (Å²) < 4.78 is 7.80. The molecule has 37 heavy (non-hydrogen) atoms. The van der Waals surface area contributed by atoms with E-state index in [0.29, 0.717) is 23.8 Å². The van der Waals surface area contributed by atoms with Crippen molar-refractivity contribution in [3.8, 4) is 22.7 Å². The number of rotatable bonds is 9. The number of nitrogens with zero attached hydrogens (tertiary/aromatic N) is 4. The van der Waals surface area contributed by atoms with Crippen LogP contribution in [0.1, 0.15) is 6.42 Å². The van der Waals surface area contributed by atoms with Gasteiger partial charge in [-0.2, -0.15) is 5.10 Å². The zero-order chi connectivity index (χ0) is 26.8. The number of aromatic nitrogens is 3. The van der Waals surface area contributed by atoms with E-state index in [4.69, 9.17) is 31.6 Å². The minimum Gasteiger partial charge on any atom is -0.493 e. The van der Waals surface area contributed by atoms with E-state index in [9.17, 15) is 9.59 Å². The molecule has 2 N–H and O–H groups in total. The summed E-state index contributed by atoms with van der Waals surface area (Å²) in [7, 11) is 4.13. The van der Waals surface area contributed by atoms with Gasteiger partial charge < -0.3 is 19.8 Å². The van der Waals surface area contributed by atoms with Crippen molar-refractivity contribution in [2.75, 3.05) is 27.2 Å². The highest BCUT2D eigenvalue weighted by Crippen LogP contribution is 2.30. The normalized spacial score (nSPS) is 10.9. The molecule has 2 heterocycles. The van der Waals surface area contributed by atoms with Crippen molar-refractivity contribution in [3.63, 3.8) is 0 Å². The summed E-state index contributed by atoms with van der Waals surface area (Å²) in [6, 6.07) is 19.6. The predicted molar refractivity (Wildman–Crippen MR) is 142 cm³/mol. The predicted octanol–water partition coefficient (Wildman–Crippen LogP) is 4.78. The number of carboxylic acids is 2. The lowest BCUT2D eigenvalue weighted by atomic mass is 10.1. The molecule has 0 unspecified atom stereocenters. The first kappa shape index (κ1) is 27.4. The number of aliphatic carboxylic acids is 2. The summed E-state index contributed by atoms with van der Waals surface area (Å²) in [5, 5.41) is 22.2. The quantitative estimate of drug-likeness (QED) is 0.238. The Balaban J connectivity index is 0.000000414. The summed E-state index contributed by atoms with van der Waals surface area (Å²) in [4.78, 5) is 25.8. The highest BCUT2D eigenvalue weighted by Gasteiger charge is 2.14. The standard InChI is InChI=1S/C23H23ClN4O.C4H4O4/c1-27(2)14-5-15-29-20-7-3-6-19(16-20)28-23-21(8-4-13-25-23)22(26-28)17-9-11-18(24)12-10-17;5-3(6)1-2-4(7)8/h3-4,6-13,16H,5,14-15H2,1-2H3;1-2H,(H,5,6)(H,7,8)/b;2-1+. The van der Waals surface area contributed by atoms with Crippen LogP contribution in [0.5, 0.6) is 5.75 Å². The summed E-state index contributed by atoms with van der Waals surface area (Å²) in [6.45, 7) is 1.67. The van der Waals surface area contributed by atoms with Crippen molar-refractivity contribution < 1.29 is 24.5 Å². The smallest absolute Gasteiger partial charge is 0.328 e. The summed E-state index contributed by atoms with van der Waals surface area (Å²) in [5.74, 6) is -1.69. The van der Waals surface area contributed by atoms with Gasteiger partial charge >= 0.3 is 11.9 Å². The SMILES string of the molecule is CN(C)CCCOc1cccc(-n2nc(-c3ccc(Cl)cc3)c3cccnc32)c1.O=C(O)/C=C/C(=O)O. The number of hydrogen-bond acceptors (Lipinski definition) is 6. The lowest BCUT2D eigenvalue weighted by Crippen LogP contribution is -2.15. The van der Waals surface area contributed by atoms with Gasteiger partial charge in [0.1, 0.15) is 11.4 Å². The minimum absolute atomic E-state index is 0.558. The van der Waals surface area contributed by atoms with E-state index in [1.165, 1.54) is 0 Å². The zero-order valence-corrected chi connectivity index (χ0v) is 21.2. The number of halogens is 1. The lowest BCUT2D eigenvalue weighted by molar-refractivity contribution is -0.134. The van der Waals surface area contributed by atoms with Gasteiger partial charge in [0.05, 0.1) is 12.3 Å². The van der Waals surface area contributed by atoms with Gasteiger partial charge in [0.15, 0.2) is 5.65 Å². The van der Waals surface area contributed by atoms with Crippen LogP contribution in [0.4, 0.5) is 0 Å². The van der Waals surface area contributed by atoms with E-state index in [0.717, 1.165) is 46.7 Å². The summed E-state index contributed by atoms with van der Waals surface area (Å²) in [6.07, 6.45) is 3.88. The fourth-order valence-corrected chi connectivity index (χ4v) is 3.50. The van der Waals surface area contributed by atoms with Crippen LogP contribution in [0.3, 0.4) is 0 Å². The van der Waals surface area contributed by atoms with Crippen LogP contribution < -0.4 is 4.74 Å². The molecule has 0 saturated carbocycles.